The zero-order chi connectivity index (χ0) is 16.3. The van der Waals surface area contributed by atoms with Crippen LogP contribution < -0.4 is 5.32 Å². The first kappa shape index (κ1) is 15.7. The van der Waals surface area contributed by atoms with Crippen molar-refractivity contribution in [2.75, 3.05) is 0 Å². The van der Waals surface area contributed by atoms with Crippen LogP contribution in [-0.4, -0.2) is 16.9 Å². The highest BCUT2D eigenvalue weighted by molar-refractivity contribution is 6.02. The predicted octanol–water partition coefficient (Wildman–Crippen LogP) is 2.90. The van der Waals surface area contributed by atoms with Gasteiger partial charge in [-0.1, -0.05) is 26.0 Å². The third-order valence-corrected chi connectivity index (χ3v) is 3.46. The number of rotatable bonds is 5. The molecule has 0 saturated heterocycles. The number of carbonyl (C=O) groups excluding carboxylic acids is 1. The molecule has 1 aliphatic carbocycles. The SMILES string of the molecule is CC(C)c1ccc(/C=C(\C#N)C(=O)NC2CC2)cc1[N+](=O)[O-]. The van der Waals surface area contributed by atoms with Crippen molar-refractivity contribution in [2.24, 2.45) is 0 Å². The van der Waals surface area contributed by atoms with Gasteiger partial charge in [0.25, 0.3) is 11.6 Å². The highest BCUT2D eigenvalue weighted by atomic mass is 16.6. The summed E-state index contributed by atoms with van der Waals surface area (Å²) in [6.07, 6.45) is 3.24. The summed E-state index contributed by atoms with van der Waals surface area (Å²) in [4.78, 5) is 22.6. The Bertz CT molecular complexity index is 682. The van der Waals surface area contributed by atoms with Crippen molar-refractivity contribution in [3.63, 3.8) is 0 Å². The van der Waals surface area contributed by atoms with Crippen molar-refractivity contribution in [3.8, 4) is 6.07 Å². The topological polar surface area (TPSA) is 96.0 Å². The minimum atomic E-state index is -0.441. The van der Waals surface area contributed by atoms with Crippen LogP contribution in [0.2, 0.25) is 0 Å². The molecule has 6 heteroatoms. The number of nitro benzene ring substituents is 1. The zero-order valence-electron chi connectivity index (χ0n) is 12.5. The number of nitrogens with zero attached hydrogens (tertiary/aromatic N) is 2. The molecule has 22 heavy (non-hydrogen) atoms. The lowest BCUT2D eigenvalue weighted by molar-refractivity contribution is -0.385. The first-order valence-corrected chi connectivity index (χ1v) is 7.13. The lowest BCUT2D eigenvalue weighted by atomic mass is 9.98. The Hall–Kier alpha value is -2.68. The van der Waals surface area contributed by atoms with Crippen LogP contribution in [0.3, 0.4) is 0 Å². The summed E-state index contributed by atoms with van der Waals surface area (Å²) < 4.78 is 0. The normalized spacial score (nSPS) is 14.5. The maximum Gasteiger partial charge on any atom is 0.273 e. The van der Waals surface area contributed by atoms with Crippen LogP contribution in [0.1, 0.15) is 43.7 Å². The van der Waals surface area contributed by atoms with Gasteiger partial charge in [-0.05, 0) is 30.4 Å². The molecule has 1 aliphatic rings. The Morgan fingerprint density at radius 1 is 1.50 bits per heavy atom. The number of carbonyl (C=O) groups is 1. The van der Waals surface area contributed by atoms with E-state index in [4.69, 9.17) is 5.26 Å². The number of amides is 1. The lowest BCUT2D eigenvalue weighted by Gasteiger charge is -2.07. The van der Waals surface area contributed by atoms with Gasteiger partial charge >= 0.3 is 0 Å². The number of benzene rings is 1. The third kappa shape index (κ3) is 3.70. The predicted molar refractivity (Wildman–Crippen MR) is 81.9 cm³/mol. The molecular formula is C16H17N3O3. The van der Waals surface area contributed by atoms with Crippen molar-refractivity contribution >= 4 is 17.7 Å². The molecule has 1 saturated carbocycles. The fraction of sp³-hybridized carbons (Fsp3) is 0.375. The monoisotopic (exact) mass is 299 g/mol. The lowest BCUT2D eigenvalue weighted by Crippen LogP contribution is -2.26. The fourth-order valence-corrected chi connectivity index (χ4v) is 2.10. The smallest absolute Gasteiger partial charge is 0.273 e. The minimum Gasteiger partial charge on any atom is -0.349 e. The Labute approximate surface area is 128 Å². The number of nitriles is 1. The fourth-order valence-electron chi connectivity index (χ4n) is 2.10. The molecule has 1 amide bonds. The van der Waals surface area contributed by atoms with Crippen LogP contribution in [0.15, 0.2) is 23.8 Å². The van der Waals surface area contributed by atoms with E-state index in [-0.39, 0.29) is 23.2 Å². The molecule has 0 bridgehead atoms. The van der Waals surface area contributed by atoms with Gasteiger partial charge in [0.1, 0.15) is 11.6 Å². The van der Waals surface area contributed by atoms with Crippen molar-refractivity contribution < 1.29 is 9.72 Å². The number of hydrogen-bond acceptors (Lipinski definition) is 4. The van der Waals surface area contributed by atoms with Crippen LogP contribution >= 0.6 is 0 Å². The quantitative estimate of drug-likeness (QED) is 0.391. The van der Waals surface area contributed by atoms with E-state index in [2.05, 4.69) is 5.32 Å². The van der Waals surface area contributed by atoms with Crippen LogP contribution in [0.4, 0.5) is 5.69 Å². The molecule has 0 atom stereocenters. The molecule has 0 heterocycles. The summed E-state index contributed by atoms with van der Waals surface area (Å²) in [5.41, 5.74) is 1.06. The molecule has 6 nitrogen and oxygen atoms in total. The molecule has 1 aromatic rings. The van der Waals surface area contributed by atoms with E-state index in [0.717, 1.165) is 12.8 Å². The molecule has 0 unspecified atom stereocenters. The number of nitrogens with one attached hydrogen (secondary N) is 1. The first-order valence-electron chi connectivity index (χ1n) is 7.13. The molecule has 0 spiro atoms. The maximum atomic E-state index is 11.9. The molecule has 1 N–H and O–H groups in total. The summed E-state index contributed by atoms with van der Waals surface area (Å²) in [6, 6.07) is 6.76. The summed E-state index contributed by atoms with van der Waals surface area (Å²) in [7, 11) is 0. The molecule has 0 radical (unpaired) electrons. The molecule has 0 aliphatic heterocycles. The summed E-state index contributed by atoms with van der Waals surface area (Å²) in [5, 5.41) is 23.0. The maximum absolute atomic E-state index is 11.9. The van der Waals surface area contributed by atoms with E-state index in [0.29, 0.717) is 11.1 Å². The van der Waals surface area contributed by atoms with Gasteiger partial charge in [-0.2, -0.15) is 5.26 Å². The van der Waals surface area contributed by atoms with Gasteiger partial charge in [-0.15, -0.1) is 0 Å². The molecule has 1 aromatic carbocycles. The largest absolute Gasteiger partial charge is 0.349 e. The number of hydrogen-bond donors (Lipinski definition) is 1. The van der Waals surface area contributed by atoms with Crippen molar-refractivity contribution in [3.05, 3.63) is 45.0 Å². The average molecular weight is 299 g/mol. The molecule has 2 rings (SSSR count). The summed E-state index contributed by atoms with van der Waals surface area (Å²) in [5.74, 6) is -0.410. The van der Waals surface area contributed by atoms with Crippen molar-refractivity contribution in [1.82, 2.24) is 5.32 Å². The van der Waals surface area contributed by atoms with Gasteiger partial charge in [0.2, 0.25) is 0 Å². The van der Waals surface area contributed by atoms with Crippen molar-refractivity contribution in [2.45, 2.75) is 38.6 Å². The van der Waals surface area contributed by atoms with E-state index < -0.39 is 10.8 Å². The molecule has 114 valence electrons. The standard InChI is InChI=1S/C16H17N3O3/c1-10(2)14-6-3-11(8-15(14)19(21)22)7-12(9-17)16(20)18-13-4-5-13/h3,6-8,10,13H,4-5H2,1-2H3,(H,18,20)/b12-7+. The minimum absolute atomic E-state index is 0.00337. The Morgan fingerprint density at radius 2 is 2.18 bits per heavy atom. The van der Waals surface area contributed by atoms with Gasteiger partial charge in [-0.25, -0.2) is 0 Å². The zero-order valence-corrected chi connectivity index (χ0v) is 12.5. The van der Waals surface area contributed by atoms with Crippen molar-refractivity contribution in [1.29, 1.82) is 5.26 Å². The highest BCUT2D eigenvalue weighted by Gasteiger charge is 2.25. The Balaban J connectivity index is 2.32. The van der Waals surface area contributed by atoms with Crippen LogP contribution in [-0.2, 0) is 4.79 Å². The summed E-state index contributed by atoms with van der Waals surface area (Å²) >= 11 is 0. The summed E-state index contributed by atoms with van der Waals surface area (Å²) in [6.45, 7) is 3.75. The van der Waals surface area contributed by atoms with E-state index in [9.17, 15) is 14.9 Å². The molecule has 0 aromatic heterocycles. The van der Waals surface area contributed by atoms with E-state index in [1.54, 1.807) is 12.1 Å². The van der Waals surface area contributed by atoms with E-state index in [1.165, 1.54) is 12.1 Å². The third-order valence-electron chi connectivity index (χ3n) is 3.46. The Kier molecular flexibility index (Phi) is 4.56. The second kappa shape index (κ2) is 6.39. The second-order valence-corrected chi connectivity index (χ2v) is 5.65. The highest BCUT2D eigenvalue weighted by Crippen LogP contribution is 2.28. The van der Waals surface area contributed by atoms with Gasteiger partial charge in [0.15, 0.2) is 0 Å². The first-order chi connectivity index (χ1) is 10.4. The molecular weight excluding hydrogens is 282 g/mol. The second-order valence-electron chi connectivity index (χ2n) is 5.65. The van der Waals surface area contributed by atoms with Gasteiger partial charge < -0.3 is 5.32 Å². The van der Waals surface area contributed by atoms with Crippen LogP contribution in [0.25, 0.3) is 6.08 Å². The van der Waals surface area contributed by atoms with Gasteiger partial charge in [0.05, 0.1) is 4.92 Å². The number of nitro groups is 1. The van der Waals surface area contributed by atoms with Crippen LogP contribution in [0, 0.1) is 21.4 Å². The van der Waals surface area contributed by atoms with Gasteiger partial charge in [0, 0.05) is 17.7 Å². The average Bonchev–Trinajstić information content (AvgIpc) is 3.27. The van der Waals surface area contributed by atoms with Gasteiger partial charge in [-0.3, -0.25) is 14.9 Å². The van der Waals surface area contributed by atoms with Crippen LogP contribution in [0.5, 0.6) is 0 Å². The van der Waals surface area contributed by atoms with E-state index >= 15 is 0 Å². The van der Waals surface area contributed by atoms with E-state index in [1.807, 2.05) is 19.9 Å². The molecule has 1 fully saturated rings. The Morgan fingerprint density at radius 3 is 2.68 bits per heavy atom.